The first-order chi connectivity index (χ1) is 9.27. The monoisotopic (exact) mass is 580 g/mol. The van der Waals surface area contributed by atoms with Gasteiger partial charge in [-0.2, -0.15) is 0 Å². The number of nitrogens with zero attached hydrogens (tertiary/aromatic N) is 1. The number of esters is 2. The van der Waals surface area contributed by atoms with Crippen molar-refractivity contribution in [2.45, 2.75) is 13.8 Å². The molecule has 136 valence electrons. The van der Waals surface area contributed by atoms with Crippen LogP contribution in [0.3, 0.4) is 0 Å². The fourth-order valence-electron chi connectivity index (χ4n) is 0. The predicted molar refractivity (Wildman–Crippen MR) is 101 cm³/mol. The Morgan fingerprint density at radius 3 is 0.773 bits per heavy atom. The molecular formula is C12H40Ba2N4O4. The van der Waals surface area contributed by atoms with E-state index in [1.165, 1.54) is 49.2 Å². The summed E-state index contributed by atoms with van der Waals surface area (Å²) in [6.07, 6.45) is 0. The van der Waals surface area contributed by atoms with Crippen molar-refractivity contribution < 1.29 is 24.8 Å². The molecule has 0 heterocycles. The molecule has 0 aliphatic rings. The third-order valence-electron chi connectivity index (χ3n) is 0.575. The minimum Gasteiger partial charge on any atom is -1.00 e. The molecule has 0 aromatic carbocycles. The predicted octanol–water partition coefficient (Wildman–Crippen LogP) is -1.05. The van der Waals surface area contributed by atoms with Gasteiger partial charge in [-0.3, -0.25) is 9.59 Å². The van der Waals surface area contributed by atoms with Gasteiger partial charge in [0.15, 0.2) is 0 Å². The van der Waals surface area contributed by atoms with E-state index in [4.69, 9.17) is 0 Å². The second-order valence-corrected chi connectivity index (χ2v) is 2.73. The van der Waals surface area contributed by atoms with Crippen LogP contribution in [0.25, 0.3) is 0 Å². The zero-order valence-electron chi connectivity index (χ0n) is 20.2. The fraction of sp³-hybridized carbons (Fsp3) is 0.833. The summed E-state index contributed by atoms with van der Waals surface area (Å²) in [4.78, 5) is 21.2. The van der Waals surface area contributed by atoms with Gasteiger partial charge in [0.25, 0.3) is 0 Å². The number of hydrogen-bond donors (Lipinski definition) is 3. The fourth-order valence-corrected chi connectivity index (χ4v) is 0. The zero-order chi connectivity index (χ0) is 18.1. The molecule has 22 heavy (non-hydrogen) atoms. The van der Waals surface area contributed by atoms with Crippen LogP contribution in [0.5, 0.6) is 0 Å². The Hall–Kier alpha value is 1.92. The maximum absolute atomic E-state index is 9.59. The molecule has 0 atom stereocenters. The van der Waals surface area contributed by atoms with Crippen LogP contribution >= 0.6 is 0 Å². The van der Waals surface area contributed by atoms with Crippen LogP contribution in [0, 0.1) is 0 Å². The number of hydrogen-bond acceptors (Lipinski definition) is 8. The van der Waals surface area contributed by atoms with Gasteiger partial charge < -0.3 is 37.3 Å². The molecule has 6 N–H and O–H groups in total. The Kier molecular flexibility index (Phi) is 149. The van der Waals surface area contributed by atoms with Crippen molar-refractivity contribution >= 4 is 110 Å². The Balaban J connectivity index is -0.00000000899. The van der Waals surface area contributed by atoms with E-state index in [1.54, 1.807) is 0 Å². The third kappa shape index (κ3) is 274. The minimum atomic E-state index is -0.245. The van der Waals surface area contributed by atoms with Crippen LogP contribution in [0.15, 0.2) is 0 Å². The van der Waals surface area contributed by atoms with Gasteiger partial charge in [-0.1, -0.05) is 0 Å². The molecule has 0 amide bonds. The Morgan fingerprint density at radius 1 is 0.727 bits per heavy atom. The summed E-state index contributed by atoms with van der Waals surface area (Å²) in [6, 6.07) is 0. The molecule has 0 radical (unpaired) electrons. The van der Waals surface area contributed by atoms with E-state index in [9.17, 15) is 9.59 Å². The quantitative estimate of drug-likeness (QED) is 0.245. The molecule has 0 spiro atoms. The number of carbonyl (C=O) groups is 2. The minimum absolute atomic E-state index is 0. The molecule has 0 bridgehead atoms. The first-order valence-electron chi connectivity index (χ1n) is 5.71. The van der Waals surface area contributed by atoms with Crippen molar-refractivity contribution in [3.8, 4) is 0 Å². The summed E-state index contributed by atoms with van der Waals surface area (Å²) in [6.45, 7) is 2.72. The summed E-state index contributed by atoms with van der Waals surface area (Å²) in [5, 5.41) is 0. The molecule has 8 nitrogen and oxygen atoms in total. The van der Waals surface area contributed by atoms with Gasteiger partial charge in [0.1, 0.15) is 0 Å². The topological polar surface area (TPSA) is 134 Å². The maximum Gasteiger partial charge on any atom is 2.00 e. The van der Waals surface area contributed by atoms with E-state index in [-0.39, 0.29) is 115 Å². The van der Waals surface area contributed by atoms with Crippen molar-refractivity contribution in [1.82, 2.24) is 4.90 Å². The van der Waals surface area contributed by atoms with Gasteiger partial charge in [-0.05, 0) is 42.3 Å². The Bertz CT molecular complexity index is 165. The van der Waals surface area contributed by atoms with Gasteiger partial charge in [0.2, 0.25) is 0 Å². The summed E-state index contributed by atoms with van der Waals surface area (Å²) < 4.78 is 8.22. The number of rotatable bonds is 0. The molecule has 0 aromatic heterocycles. The van der Waals surface area contributed by atoms with Crippen LogP contribution in [-0.2, 0) is 19.1 Å². The molecule has 0 aromatic rings. The van der Waals surface area contributed by atoms with E-state index < -0.39 is 0 Å². The molecule has 0 fully saturated rings. The number of nitrogens with two attached hydrogens (primary N) is 3. The van der Waals surface area contributed by atoms with Crippen LogP contribution in [0.1, 0.15) is 19.6 Å². The Morgan fingerprint density at radius 2 is 0.773 bits per heavy atom. The Labute approximate surface area is 223 Å². The van der Waals surface area contributed by atoms with Gasteiger partial charge in [-0.15, -0.1) is 0 Å². The van der Waals surface area contributed by atoms with Crippen molar-refractivity contribution in [3.05, 3.63) is 0 Å². The molecule has 0 saturated heterocycles. The van der Waals surface area contributed by atoms with E-state index in [1.807, 2.05) is 26.0 Å². The second kappa shape index (κ2) is 66.0. The molecule has 0 saturated carbocycles. The second-order valence-electron chi connectivity index (χ2n) is 2.73. The van der Waals surface area contributed by atoms with Crippen LogP contribution in [0.4, 0.5) is 0 Å². The molecule has 0 aliphatic carbocycles. The largest absolute Gasteiger partial charge is 2.00 e. The third-order valence-corrected chi connectivity index (χ3v) is 0.575. The number of carbonyl (C=O) groups excluding carboxylic acids is 2. The van der Waals surface area contributed by atoms with Crippen LogP contribution in [-0.4, -0.2) is 171 Å². The van der Waals surface area contributed by atoms with Crippen molar-refractivity contribution in [2.24, 2.45) is 17.2 Å². The summed E-state index contributed by atoms with van der Waals surface area (Å²) in [5.41, 5.74) is 13.5. The van der Waals surface area contributed by atoms with Crippen LogP contribution in [0.2, 0.25) is 0 Å². The van der Waals surface area contributed by atoms with Gasteiger partial charge in [0.05, 0.1) is 14.2 Å². The molecule has 0 rings (SSSR count). The number of ether oxygens (including phenoxy) is 2. The summed E-state index contributed by atoms with van der Waals surface area (Å²) in [7, 11) is 13.2. The van der Waals surface area contributed by atoms with E-state index in [0.29, 0.717) is 0 Å². The normalized spacial score (nSPS) is 5.55. The van der Waals surface area contributed by atoms with Gasteiger partial charge >= 0.3 is 110 Å². The van der Waals surface area contributed by atoms with Gasteiger partial charge in [0, 0.05) is 13.8 Å². The number of methoxy groups -OCH3 is 2. The molecule has 10 heteroatoms. The van der Waals surface area contributed by atoms with E-state index in [2.05, 4.69) is 26.7 Å². The van der Waals surface area contributed by atoms with Crippen molar-refractivity contribution in [2.75, 3.05) is 56.5 Å². The standard InChI is InChI=1S/C3H9N.2C3H6O2.3CH5N.2Ba.4H/c1-4(2)3;2*1-3(4)5-2;3*1-2;;;;;;/h1-3H3;2*1-2H3;3*2H2,1H3;;;;;;/q;;;;;;2*+2;4*-1. The summed E-state index contributed by atoms with van der Waals surface area (Å²) in [5.74, 6) is -0.491. The zero-order valence-corrected chi connectivity index (χ0v) is 25.1. The van der Waals surface area contributed by atoms with Crippen molar-refractivity contribution in [3.63, 3.8) is 0 Å². The smallest absolute Gasteiger partial charge is 1.00 e. The average Bonchev–Trinajstić information content (AvgIpc) is 2.45. The van der Waals surface area contributed by atoms with E-state index in [0.717, 1.165) is 0 Å². The van der Waals surface area contributed by atoms with Crippen molar-refractivity contribution in [1.29, 1.82) is 0 Å². The first-order valence-corrected chi connectivity index (χ1v) is 5.71. The maximum atomic E-state index is 9.59. The molecule has 0 aliphatic heterocycles. The van der Waals surface area contributed by atoms with Crippen LogP contribution < -0.4 is 17.2 Å². The SMILES string of the molecule is CN.CN.CN.CN(C)C.COC(C)=O.COC(C)=O.[Ba+2].[Ba+2].[H-].[H-].[H-].[H-]. The molecule has 0 unspecified atom stereocenters. The summed E-state index contributed by atoms with van der Waals surface area (Å²) >= 11 is 0. The van der Waals surface area contributed by atoms with E-state index >= 15 is 0 Å². The average molecular weight is 579 g/mol. The molecular weight excluding hydrogens is 539 g/mol. The first kappa shape index (κ1) is 49.6. The van der Waals surface area contributed by atoms with Gasteiger partial charge in [-0.25, -0.2) is 0 Å².